The normalized spacial score (nSPS) is 11.4. The first-order valence-corrected chi connectivity index (χ1v) is 6.52. The van der Waals surface area contributed by atoms with Gasteiger partial charge in [-0.25, -0.2) is 0 Å². The molecular formula is C17H19NO. The maximum absolute atomic E-state index is 5.76. The molecule has 0 aliphatic heterocycles. The summed E-state index contributed by atoms with van der Waals surface area (Å²) in [5, 5.41) is 0. The number of hydrogen-bond acceptors (Lipinski definition) is 2. The van der Waals surface area contributed by atoms with Crippen LogP contribution >= 0.6 is 0 Å². The zero-order valence-electron chi connectivity index (χ0n) is 11.4. The minimum absolute atomic E-state index is 0.739. The Morgan fingerprint density at radius 1 is 1.00 bits per heavy atom. The maximum atomic E-state index is 5.76. The van der Waals surface area contributed by atoms with Crippen molar-refractivity contribution in [2.24, 2.45) is 0 Å². The van der Waals surface area contributed by atoms with Gasteiger partial charge in [-0.05, 0) is 60.9 Å². The van der Waals surface area contributed by atoms with Crippen LogP contribution in [0.3, 0.4) is 0 Å². The molecule has 0 fully saturated rings. The summed E-state index contributed by atoms with van der Waals surface area (Å²) in [7, 11) is 0. The summed E-state index contributed by atoms with van der Waals surface area (Å²) in [5.74, 6) is 1.63. The van der Waals surface area contributed by atoms with Gasteiger partial charge in [-0.15, -0.1) is 0 Å². The van der Waals surface area contributed by atoms with Gasteiger partial charge in [-0.2, -0.15) is 0 Å². The van der Waals surface area contributed by atoms with E-state index in [1.165, 1.54) is 11.1 Å². The molecular weight excluding hydrogens is 234 g/mol. The van der Waals surface area contributed by atoms with Gasteiger partial charge in [0.15, 0.2) is 0 Å². The second-order valence-corrected chi connectivity index (χ2v) is 4.36. The highest BCUT2D eigenvalue weighted by atomic mass is 16.5. The summed E-state index contributed by atoms with van der Waals surface area (Å²) in [6.07, 6.45) is 3.19. The van der Waals surface area contributed by atoms with Crippen LogP contribution in [0.2, 0.25) is 0 Å². The van der Waals surface area contributed by atoms with Crippen molar-refractivity contribution in [3.05, 3.63) is 60.2 Å². The van der Waals surface area contributed by atoms with Gasteiger partial charge < -0.3 is 10.5 Å². The van der Waals surface area contributed by atoms with E-state index in [0.717, 1.165) is 23.6 Å². The van der Waals surface area contributed by atoms with Crippen LogP contribution in [-0.2, 0) is 0 Å². The number of hydrogen-bond donors (Lipinski definition) is 1. The van der Waals surface area contributed by atoms with Gasteiger partial charge in [0.05, 0.1) is 0 Å². The van der Waals surface area contributed by atoms with Gasteiger partial charge in [0, 0.05) is 5.69 Å². The molecule has 0 amide bonds. The van der Waals surface area contributed by atoms with Crippen molar-refractivity contribution in [3.8, 4) is 11.5 Å². The molecule has 0 bridgehead atoms. The lowest BCUT2D eigenvalue weighted by molar-refractivity contribution is 0.483. The Morgan fingerprint density at radius 3 is 2.00 bits per heavy atom. The molecule has 2 N–H and O–H groups in total. The molecule has 0 unspecified atom stereocenters. The number of benzene rings is 2. The van der Waals surface area contributed by atoms with Crippen LogP contribution in [-0.4, -0.2) is 0 Å². The highest BCUT2D eigenvalue weighted by Gasteiger charge is 2.00. The lowest BCUT2D eigenvalue weighted by atomic mass is 10.0. The van der Waals surface area contributed by atoms with Crippen molar-refractivity contribution in [1.29, 1.82) is 0 Å². The Kier molecular flexibility index (Phi) is 4.24. The molecule has 2 aromatic rings. The fourth-order valence-corrected chi connectivity index (χ4v) is 1.98. The second kappa shape index (κ2) is 6.10. The minimum Gasteiger partial charge on any atom is -0.457 e. The number of ether oxygens (including phenoxy) is 1. The molecule has 0 aliphatic rings. The first-order valence-electron chi connectivity index (χ1n) is 6.52. The zero-order valence-corrected chi connectivity index (χ0v) is 11.4. The first-order chi connectivity index (χ1) is 9.22. The third-order valence-corrected chi connectivity index (χ3v) is 3.07. The quantitative estimate of drug-likeness (QED) is 0.788. The van der Waals surface area contributed by atoms with Crippen LogP contribution in [0.25, 0.3) is 5.57 Å². The smallest absolute Gasteiger partial charge is 0.127 e. The maximum Gasteiger partial charge on any atom is 0.127 e. The lowest BCUT2D eigenvalue weighted by Gasteiger charge is -2.08. The van der Waals surface area contributed by atoms with Gasteiger partial charge >= 0.3 is 0 Å². The Balaban J connectivity index is 2.12. The van der Waals surface area contributed by atoms with Gasteiger partial charge in [-0.3, -0.25) is 0 Å². The van der Waals surface area contributed by atoms with Crippen LogP contribution in [0, 0.1) is 0 Å². The standard InChI is InChI=1S/C17H19NO/c1-3-13(4-2)14-5-9-16(10-6-14)19-17-11-7-15(18)8-12-17/h3,5-12H,4,18H2,1-2H3/b13-3+. The van der Waals surface area contributed by atoms with Crippen molar-refractivity contribution in [1.82, 2.24) is 0 Å². The molecule has 0 spiro atoms. The Morgan fingerprint density at radius 2 is 1.53 bits per heavy atom. The van der Waals surface area contributed by atoms with Crippen molar-refractivity contribution in [3.63, 3.8) is 0 Å². The molecule has 0 atom stereocenters. The number of rotatable bonds is 4. The fourth-order valence-electron chi connectivity index (χ4n) is 1.98. The van der Waals surface area contributed by atoms with Crippen LogP contribution in [0.4, 0.5) is 5.69 Å². The van der Waals surface area contributed by atoms with Gasteiger partial charge in [0.25, 0.3) is 0 Å². The van der Waals surface area contributed by atoms with E-state index >= 15 is 0 Å². The number of nitrogen functional groups attached to an aromatic ring is 1. The highest BCUT2D eigenvalue weighted by Crippen LogP contribution is 2.25. The van der Waals surface area contributed by atoms with E-state index < -0.39 is 0 Å². The molecule has 98 valence electrons. The first kappa shape index (κ1) is 13.2. The van der Waals surface area contributed by atoms with Crippen molar-refractivity contribution in [2.75, 3.05) is 5.73 Å². The molecule has 2 aromatic carbocycles. The van der Waals surface area contributed by atoms with E-state index in [4.69, 9.17) is 10.5 Å². The van der Waals surface area contributed by atoms with Gasteiger partial charge in [0.2, 0.25) is 0 Å². The minimum atomic E-state index is 0.739. The number of allylic oxidation sites excluding steroid dienone is 2. The van der Waals surface area contributed by atoms with E-state index in [-0.39, 0.29) is 0 Å². The summed E-state index contributed by atoms with van der Waals surface area (Å²) in [5.41, 5.74) is 8.97. The van der Waals surface area contributed by atoms with Crippen molar-refractivity contribution >= 4 is 11.3 Å². The second-order valence-electron chi connectivity index (χ2n) is 4.36. The topological polar surface area (TPSA) is 35.2 Å². The third kappa shape index (κ3) is 3.38. The van der Waals surface area contributed by atoms with E-state index in [0.29, 0.717) is 0 Å². The Hall–Kier alpha value is -2.22. The lowest BCUT2D eigenvalue weighted by Crippen LogP contribution is -1.87. The van der Waals surface area contributed by atoms with E-state index in [2.05, 4.69) is 32.1 Å². The molecule has 19 heavy (non-hydrogen) atoms. The largest absolute Gasteiger partial charge is 0.457 e. The Labute approximate surface area is 114 Å². The highest BCUT2D eigenvalue weighted by molar-refractivity contribution is 5.65. The summed E-state index contributed by atoms with van der Waals surface area (Å²) in [4.78, 5) is 0. The molecule has 2 nitrogen and oxygen atoms in total. The fraction of sp³-hybridized carbons (Fsp3) is 0.176. The van der Waals surface area contributed by atoms with Gasteiger partial charge in [0.1, 0.15) is 11.5 Å². The zero-order chi connectivity index (χ0) is 13.7. The monoisotopic (exact) mass is 253 g/mol. The molecule has 0 heterocycles. The molecule has 0 saturated heterocycles. The molecule has 0 saturated carbocycles. The predicted molar refractivity (Wildman–Crippen MR) is 81.3 cm³/mol. The van der Waals surface area contributed by atoms with Gasteiger partial charge in [-0.1, -0.05) is 25.1 Å². The average Bonchev–Trinajstić information content (AvgIpc) is 2.44. The third-order valence-electron chi connectivity index (χ3n) is 3.07. The predicted octanol–water partition coefficient (Wildman–Crippen LogP) is 4.87. The average molecular weight is 253 g/mol. The Bertz CT molecular complexity index is 553. The number of anilines is 1. The van der Waals surface area contributed by atoms with E-state index in [1.54, 1.807) is 0 Å². The van der Waals surface area contributed by atoms with E-state index in [1.807, 2.05) is 36.4 Å². The molecule has 0 aliphatic carbocycles. The summed E-state index contributed by atoms with van der Waals surface area (Å²) >= 11 is 0. The van der Waals surface area contributed by atoms with Crippen LogP contribution in [0.5, 0.6) is 11.5 Å². The summed E-state index contributed by atoms with van der Waals surface area (Å²) in [6, 6.07) is 15.6. The molecule has 2 rings (SSSR count). The SMILES string of the molecule is C/C=C(\CC)c1ccc(Oc2ccc(N)cc2)cc1. The summed E-state index contributed by atoms with van der Waals surface area (Å²) < 4.78 is 5.76. The summed E-state index contributed by atoms with van der Waals surface area (Å²) in [6.45, 7) is 4.23. The van der Waals surface area contributed by atoms with Crippen LogP contribution < -0.4 is 10.5 Å². The number of nitrogens with two attached hydrogens (primary N) is 1. The van der Waals surface area contributed by atoms with Crippen molar-refractivity contribution < 1.29 is 4.74 Å². The molecule has 0 radical (unpaired) electrons. The van der Waals surface area contributed by atoms with Crippen LogP contribution in [0.15, 0.2) is 54.6 Å². The molecule has 2 heteroatoms. The molecule has 0 aromatic heterocycles. The van der Waals surface area contributed by atoms with Crippen molar-refractivity contribution in [2.45, 2.75) is 20.3 Å². The van der Waals surface area contributed by atoms with E-state index in [9.17, 15) is 0 Å². The van der Waals surface area contributed by atoms with Crippen LogP contribution in [0.1, 0.15) is 25.8 Å².